The summed E-state index contributed by atoms with van der Waals surface area (Å²) in [6.45, 7) is 1.53. The van der Waals surface area contributed by atoms with E-state index in [9.17, 15) is 30.8 Å². The maximum Gasteiger partial charge on any atom is 0.433 e. The lowest BCUT2D eigenvalue weighted by Gasteiger charge is -2.30. The van der Waals surface area contributed by atoms with E-state index in [4.69, 9.17) is 4.74 Å². The standard InChI is InChI=1S/C24H24F4N4O4S/c1-23(11-3-4-20(23)37(34,35)18-8-5-16(25)6-9-18)22(33)30-12-15-14-32(31-21(15)36-2)17-7-10-19(29-13-17)24(26,27)28/h5-10,13-14,20H,3-4,11-12H2,1-2H3,(H,30,33). The fourth-order valence-corrected chi connectivity index (χ4v) is 6.80. The number of hydrogen-bond donors (Lipinski definition) is 1. The molecule has 4 rings (SSSR count). The molecule has 0 aliphatic heterocycles. The molecule has 37 heavy (non-hydrogen) atoms. The maximum absolute atomic E-state index is 13.3. The van der Waals surface area contributed by atoms with Crippen LogP contribution in [0, 0.1) is 11.2 Å². The molecule has 2 heterocycles. The molecule has 13 heteroatoms. The second kappa shape index (κ2) is 9.77. The van der Waals surface area contributed by atoms with E-state index in [2.05, 4.69) is 15.4 Å². The van der Waals surface area contributed by atoms with Crippen molar-refractivity contribution in [1.29, 1.82) is 0 Å². The fourth-order valence-electron chi connectivity index (χ4n) is 4.57. The largest absolute Gasteiger partial charge is 0.480 e. The smallest absolute Gasteiger partial charge is 0.433 e. The van der Waals surface area contributed by atoms with Crippen LogP contribution < -0.4 is 10.1 Å². The van der Waals surface area contributed by atoms with Crippen LogP contribution in [-0.2, 0) is 27.4 Å². The topological polar surface area (TPSA) is 103 Å². The number of rotatable bonds is 7. The van der Waals surface area contributed by atoms with Crippen LogP contribution in [-0.4, -0.2) is 41.4 Å². The van der Waals surface area contributed by atoms with Crippen molar-refractivity contribution < 1.29 is 35.5 Å². The van der Waals surface area contributed by atoms with E-state index in [0.717, 1.165) is 24.4 Å². The van der Waals surface area contributed by atoms with Gasteiger partial charge in [-0.3, -0.25) is 4.79 Å². The minimum absolute atomic E-state index is 0.0482. The van der Waals surface area contributed by atoms with Crippen molar-refractivity contribution in [3.05, 3.63) is 65.9 Å². The third kappa shape index (κ3) is 5.17. The van der Waals surface area contributed by atoms with Gasteiger partial charge in [0.1, 0.15) is 11.5 Å². The summed E-state index contributed by atoms with van der Waals surface area (Å²) in [5, 5.41) is 5.94. The molecular formula is C24H24F4N4O4S. The van der Waals surface area contributed by atoms with Gasteiger partial charge in [0.05, 0.1) is 40.1 Å². The summed E-state index contributed by atoms with van der Waals surface area (Å²) in [6.07, 6.45) is -0.927. The average Bonchev–Trinajstić information content (AvgIpc) is 3.47. The number of nitrogens with one attached hydrogen (secondary N) is 1. The van der Waals surface area contributed by atoms with Gasteiger partial charge < -0.3 is 10.1 Å². The van der Waals surface area contributed by atoms with E-state index in [-0.39, 0.29) is 29.4 Å². The van der Waals surface area contributed by atoms with Crippen LogP contribution in [0.2, 0.25) is 0 Å². The molecule has 2 atom stereocenters. The first-order valence-electron chi connectivity index (χ1n) is 11.3. The van der Waals surface area contributed by atoms with Crippen molar-refractivity contribution in [2.24, 2.45) is 5.41 Å². The van der Waals surface area contributed by atoms with Gasteiger partial charge in [-0.1, -0.05) is 6.42 Å². The van der Waals surface area contributed by atoms with Gasteiger partial charge >= 0.3 is 6.18 Å². The number of alkyl halides is 3. The Morgan fingerprint density at radius 1 is 1.22 bits per heavy atom. The third-order valence-electron chi connectivity index (χ3n) is 6.60. The Morgan fingerprint density at radius 2 is 1.92 bits per heavy atom. The van der Waals surface area contributed by atoms with Crippen LogP contribution >= 0.6 is 0 Å². The Bertz CT molecular complexity index is 1390. The number of methoxy groups -OCH3 is 1. The molecular weight excluding hydrogens is 516 g/mol. The summed E-state index contributed by atoms with van der Waals surface area (Å²) in [4.78, 5) is 16.6. The maximum atomic E-state index is 13.3. The predicted molar refractivity (Wildman–Crippen MR) is 124 cm³/mol. The molecule has 3 aromatic rings. The molecule has 1 aliphatic carbocycles. The van der Waals surface area contributed by atoms with Gasteiger partial charge in [0.25, 0.3) is 0 Å². The number of pyridine rings is 1. The molecule has 2 unspecified atom stereocenters. The number of carbonyl (C=O) groups excluding carboxylic acids is 1. The second-order valence-electron chi connectivity index (χ2n) is 8.99. The molecule has 8 nitrogen and oxygen atoms in total. The van der Waals surface area contributed by atoms with Crippen molar-refractivity contribution in [3.63, 3.8) is 0 Å². The molecule has 0 radical (unpaired) electrons. The molecule has 0 saturated heterocycles. The van der Waals surface area contributed by atoms with E-state index in [1.54, 1.807) is 6.92 Å². The molecule has 1 aliphatic rings. The average molecular weight is 541 g/mol. The molecule has 1 fully saturated rings. The van der Waals surface area contributed by atoms with Crippen LogP contribution in [0.3, 0.4) is 0 Å². The van der Waals surface area contributed by atoms with Gasteiger partial charge in [0.2, 0.25) is 11.8 Å². The molecule has 0 spiro atoms. The Hall–Kier alpha value is -3.48. The number of amides is 1. The first-order valence-corrected chi connectivity index (χ1v) is 12.8. The van der Waals surface area contributed by atoms with Crippen LogP contribution in [0.15, 0.2) is 53.7 Å². The summed E-state index contributed by atoms with van der Waals surface area (Å²) in [7, 11) is -2.55. The molecule has 0 bridgehead atoms. The van der Waals surface area contributed by atoms with Crippen LogP contribution in [0.25, 0.3) is 5.69 Å². The van der Waals surface area contributed by atoms with Gasteiger partial charge in [-0.05, 0) is 56.2 Å². The van der Waals surface area contributed by atoms with Gasteiger partial charge in [-0.25, -0.2) is 22.5 Å². The number of benzene rings is 1. The highest BCUT2D eigenvalue weighted by atomic mass is 32.2. The summed E-state index contributed by atoms with van der Waals surface area (Å²) in [6, 6.07) is 6.54. The Balaban J connectivity index is 1.52. The number of carbonyl (C=O) groups is 1. The number of ether oxygens (including phenoxy) is 1. The van der Waals surface area contributed by atoms with Crippen molar-refractivity contribution in [1.82, 2.24) is 20.1 Å². The molecule has 198 valence electrons. The number of halogens is 4. The lowest BCUT2D eigenvalue weighted by Crippen LogP contribution is -2.46. The Morgan fingerprint density at radius 3 is 2.51 bits per heavy atom. The highest BCUT2D eigenvalue weighted by Crippen LogP contribution is 2.44. The number of sulfone groups is 1. The van der Waals surface area contributed by atoms with Gasteiger partial charge in [0, 0.05) is 12.7 Å². The van der Waals surface area contributed by atoms with E-state index in [0.29, 0.717) is 18.4 Å². The lowest BCUT2D eigenvalue weighted by molar-refractivity contribution is -0.141. The van der Waals surface area contributed by atoms with E-state index in [1.807, 2.05) is 0 Å². The van der Waals surface area contributed by atoms with Crippen molar-refractivity contribution in [2.45, 2.75) is 49.1 Å². The van der Waals surface area contributed by atoms with E-state index >= 15 is 0 Å². The summed E-state index contributed by atoms with van der Waals surface area (Å²) in [5.41, 5.74) is -1.60. The molecule has 1 saturated carbocycles. The van der Waals surface area contributed by atoms with Gasteiger partial charge in [-0.2, -0.15) is 13.2 Å². The summed E-state index contributed by atoms with van der Waals surface area (Å²) < 4.78 is 84.8. The zero-order valence-electron chi connectivity index (χ0n) is 19.9. The Kier molecular flexibility index (Phi) is 7.01. The number of nitrogens with zero attached hydrogens (tertiary/aromatic N) is 3. The minimum atomic E-state index is -4.58. The number of aromatic nitrogens is 3. The first kappa shape index (κ1) is 26.6. The minimum Gasteiger partial charge on any atom is -0.480 e. The number of hydrogen-bond acceptors (Lipinski definition) is 6. The highest BCUT2D eigenvalue weighted by Gasteiger charge is 2.51. The zero-order chi connectivity index (χ0) is 27.0. The molecule has 1 aromatic carbocycles. The van der Waals surface area contributed by atoms with E-state index in [1.165, 1.54) is 36.2 Å². The van der Waals surface area contributed by atoms with Crippen molar-refractivity contribution in [2.75, 3.05) is 7.11 Å². The van der Waals surface area contributed by atoms with E-state index < -0.39 is 44.1 Å². The molecule has 2 aromatic heterocycles. The monoisotopic (exact) mass is 540 g/mol. The highest BCUT2D eigenvalue weighted by molar-refractivity contribution is 7.92. The molecule has 1 N–H and O–H groups in total. The Labute approximate surface area is 210 Å². The lowest BCUT2D eigenvalue weighted by atomic mass is 9.87. The fraction of sp³-hybridized carbons (Fsp3) is 0.375. The quantitative estimate of drug-likeness (QED) is 0.358. The summed E-state index contributed by atoms with van der Waals surface area (Å²) >= 11 is 0. The third-order valence-corrected chi connectivity index (χ3v) is 9.03. The zero-order valence-corrected chi connectivity index (χ0v) is 20.7. The first-order chi connectivity index (χ1) is 17.4. The van der Waals surface area contributed by atoms with Crippen LogP contribution in [0.1, 0.15) is 37.4 Å². The SMILES string of the molecule is COc1nn(-c2ccc(C(F)(F)F)nc2)cc1CNC(=O)C1(C)CCCC1S(=O)(=O)c1ccc(F)cc1. The molecule has 1 amide bonds. The van der Waals surface area contributed by atoms with Crippen molar-refractivity contribution in [3.8, 4) is 11.6 Å². The normalized spacial score (nSPS) is 20.1. The van der Waals surface area contributed by atoms with Crippen LogP contribution in [0.4, 0.5) is 17.6 Å². The van der Waals surface area contributed by atoms with Crippen LogP contribution in [0.5, 0.6) is 5.88 Å². The van der Waals surface area contributed by atoms with Crippen molar-refractivity contribution >= 4 is 15.7 Å². The summed E-state index contributed by atoms with van der Waals surface area (Å²) in [5.74, 6) is -0.911. The second-order valence-corrected chi connectivity index (χ2v) is 11.1. The van der Waals surface area contributed by atoms with Gasteiger partial charge in [0.15, 0.2) is 9.84 Å². The van der Waals surface area contributed by atoms with Gasteiger partial charge in [-0.15, -0.1) is 5.10 Å². The predicted octanol–water partition coefficient (Wildman–Crippen LogP) is 4.08.